The number of rotatable bonds is 6. The van der Waals surface area contributed by atoms with Crippen LogP contribution < -0.4 is 11.2 Å². The number of nitrogens with zero attached hydrogens (tertiary/aromatic N) is 7. The summed E-state index contributed by atoms with van der Waals surface area (Å²) in [5.74, 6) is -0.297. The van der Waals surface area contributed by atoms with Crippen LogP contribution in [0.15, 0.2) is 34.0 Å². The van der Waals surface area contributed by atoms with E-state index in [9.17, 15) is 4.79 Å². The first-order valence-corrected chi connectivity index (χ1v) is 8.43. The van der Waals surface area contributed by atoms with E-state index in [0.29, 0.717) is 23.4 Å². The molecule has 11 nitrogen and oxygen atoms in total. The largest absolute Gasteiger partial charge is 0.378 e. The summed E-state index contributed by atoms with van der Waals surface area (Å²) in [7, 11) is 0. The van der Waals surface area contributed by atoms with Crippen molar-refractivity contribution in [3.8, 4) is 11.9 Å². The van der Waals surface area contributed by atoms with Crippen LogP contribution in [0.1, 0.15) is 47.6 Å². The molecule has 0 atom stereocenters. The standard InChI is InChI=1S/C17H17N9O2/c1-3-4-13-14(21-25-26(13)16-15(19)23-28-24-16)17(27)22-20-10(2)12-7-5-11(9-18)6-8-12/h5-8H,3-4H2,1-2H3,(H2,19,23)(H,22,27). The van der Waals surface area contributed by atoms with Crippen LogP contribution in [0, 0.1) is 11.3 Å². The molecule has 142 valence electrons. The van der Waals surface area contributed by atoms with Crippen LogP contribution in [0.5, 0.6) is 0 Å². The van der Waals surface area contributed by atoms with Gasteiger partial charge in [0.1, 0.15) is 0 Å². The second-order valence-corrected chi connectivity index (χ2v) is 5.85. The van der Waals surface area contributed by atoms with Gasteiger partial charge in [-0.1, -0.05) is 30.7 Å². The molecule has 0 radical (unpaired) electrons. The number of amides is 1. The molecule has 0 unspecified atom stereocenters. The highest BCUT2D eigenvalue weighted by atomic mass is 16.6. The molecule has 11 heteroatoms. The molecule has 3 N–H and O–H groups in total. The number of carbonyl (C=O) groups excluding carboxylic acids is 1. The molecule has 0 saturated carbocycles. The molecule has 0 spiro atoms. The Hall–Kier alpha value is -4.07. The molecule has 0 aliphatic rings. The van der Waals surface area contributed by atoms with E-state index in [-0.39, 0.29) is 17.3 Å². The van der Waals surface area contributed by atoms with Crippen LogP contribution in [0.25, 0.3) is 5.82 Å². The maximum absolute atomic E-state index is 12.6. The number of benzene rings is 1. The number of aromatic nitrogens is 5. The fourth-order valence-corrected chi connectivity index (χ4v) is 2.49. The van der Waals surface area contributed by atoms with E-state index in [0.717, 1.165) is 12.0 Å². The van der Waals surface area contributed by atoms with Gasteiger partial charge in [-0.25, -0.2) is 10.1 Å². The minimum absolute atomic E-state index is 0.0453. The van der Waals surface area contributed by atoms with Gasteiger partial charge in [-0.05, 0) is 41.4 Å². The number of hydrazone groups is 1. The average molecular weight is 379 g/mol. The van der Waals surface area contributed by atoms with Crippen molar-refractivity contribution in [1.82, 2.24) is 30.7 Å². The topological polar surface area (TPSA) is 161 Å². The second kappa shape index (κ2) is 8.09. The van der Waals surface area contributed by atoms with Gasteiger partial charge in [0.15, 0.2) is 5.69 Å². The Labute approximate surface area is 159 Å². The molecule has 1 amide bonds. The van der Waals surface area contributed by atoms with Crippen molar-refractivity contribution in [3.05, 3.63) is 46.8 Å². The van der Waals surface area contributed by atoms with E-state index in [1.165, 1.54) is 4.68 Å². The quantitative estimate of drug-likeness (QED) is 0.477. The Morgan fingerprint density at radius 3 is 2.71 bits per heavy atom. The first-order valence-electron chi connectivity index (χ1n) is 8.43. The normalized spacial score (nSPS) is 11.2. The highest BCUT2D eigenvalue weighted by molar-refractivity contribution is 6.00. The van der Waals surface area contributed by atoms with E-state index in [4.69, 9.17) is 11.0 Å². The maximum Gasteiger partial charge on any atom is 0.293 e. The predicted octanol–water partition coefficient (Wildman–Crippen LogP) is 1.21. The molecule has 0 aliphatic heterocycles. The summed E-state index contributed by atoms with van der Waals surface area (Å²) in [6.07, 6.45) is 1.26. The average Bonchev–Trinajstić information content (AvgIpc) is 3.32. The Bertz CT molecular complexity index is 1060. The van der Waals surface area contributed by atoms with E-state index in [1.54, 1.807) is 31.2 Å². The zero-order valence-electron chi connectivity index (χ0n) is 15.2. The molecule has 3 aromatic rings. The zero-order chi connectivity index (χ0) is 20.1. The van der Waals surface area contributed by atoms with E-state index >= 15 is 0 Å². The van der Waals surface area contributed by atoms with Crippen LogP contribution in [0.2, 0.25) is 0 Å². The first kappa shape index (κ1) is 18.7. The Kier molecular flexibility index (Phi) is 5.40. The molecule has 1 aromatic carbocycles. The van der Waals surface area contributed by atoms with E-state index < -0.39 is 5.91 Å². The van der Waals surface area contributed by atoms with Gasteiger partial charge in [-0.15, -0.1) is 5.10 Å². The number of nitriles is 1. The minimum Gasteiger partial charge on any atom is -0.378 e. The zero-order valence-corrected chi connectivity index (χ0v) is 15.2. The van der Waals surface area contributed by atoms with Crippen LogP contribution in [-0.4, -0.2) is 36.9 Å². The molecular formula is C17H17N9O2. The number of anilines is 1. The Balaban J connectivity index is 1.83. The second-order valence-electron chi connectivity index (χ2n) is 5.85. The summed E-state index contributed by atoms with van der Waals surface area (Å²) in [4.78, 5) is 12.6. The maximum atomic E-state index is 12.6. The number of nitrogens with one attached hydrogen (secondary N) is 1. The van der Waals surface area contributed by atoms with Gasteiger partial charge < -0.3 is 5.73 Å². The lowest BCUT2D eigenvalue weighted by Gasteiger charge is -2.05. The summed E-state index contributed by atoms with van der Waals surface area (Å²) >= 11 is 0. The van der Waals surface area contributed by atoms with Gasteiger partial charge in [-0.2, -0.15) is 15.0 Å². The number of hydrogen-bond acceptors (Lipinski definition) is 9. The van der Waals surface area contributed by atoms with Crippen molar-refractivity contribution in [2.75, 3.05) is 5.73 Å². The van der Waals surface area contributed by atoms with Gasteiger partial charge >= 0.3 is 0 Å². The number of carbonyl (C=O) groups is 1. The molecule has 0 bridgehead atoms. The summed E-state index contributed by atoms with van der Waals surface area (Å²) in [6.45, 7) is 3.70. The number of nitrogens with two attached hydrogens (primary N) is 1. The van der Waals surface area contributed by atoms with Crippen LogP contribution in [0.3, 0.4) is 0 Å². The summed E-state index contributed by atoms with van der Waals surface area (Å²) in [5, 5.41) is 28.1. The third-order valence-electron chi connectivity index (χ3n) is 3.92. The van der Waals surface area contributed by atoms with Crippen molar-refractivity contribution >= 4 is 17.4 Å². The van der Waals surface area contributed by atoms with Gasteiger partial charge in [0, 0.05) is 0 Å². The molecule has 0 aliphatic carbocycles. The lowest BCUT2D eigenvalue weighted by Crippen LogP contribution is -2.21. The molecule has 0 saturated heterocycles. The van der Waals surface area contributed by atoms with Crippen molar-refractivity contribution in [2.45, 2.75) is 26.7 Å². The Morgan fingerprint density at radius 2 is 2.11 bits per heavy atom. The van der Waals surface area contributed by atoms with Gasteiger partial charge in [0.05, 0.1) is 23.0 Å². The van der Waals surface area contributed by atoms with Crippen molar-refractivity contribution < 1.29 is 9.42 Å². The van der Waals surface area contributed by atoms with Crippen LogP contribution >= 0.6 is 0 Å². The third kappa shape index (κ3) is 3.70. The number of nitrogen functional groups attached to an aromatic ring is 1. The number of hydrogen-bond donors (Lipinski definition) is 2. The summed E-state index contributed by atoms with van der Waals surface area (Å²) < 4.78 is 5.93. The summed E-state index contributed by atoms with van der Waals surface area (Å²) in [5.41, 5.74) is 10.7. The van der Waals surface area contributed by atoms with Crippen molar-refractivity contribution in [2.24, 2.45) is 5.10 Å². The summed E-state index contributed by atoms with van der Waals surface area (Å²) in [6, 6.07) is 8.91. The fourth-order valence-electron chi connectivity index (χ4n) is 2.49. The van der Waals surface area contributed by atoms with Crippen LogP contribution in [-0.2, 0) is 6.42 Å². The van der Waals surface area contributed by atoms with Crippen molar-refractivity contribution in [3.63, 3.8) is 0 Å². The van der Waals surface area contributed by atoms with Crippen molar-refractivity contribution in [1.29, 1.82) is 5.26 Å². The third-order valence-corrected chi connectivity index (χ3v) is 3.92. The molecular weight excluding hydrogens is 362 g/mol. The minimum atomic E-state index is -0.516. The lowest BCUT2D eigenvalue weighted by molar-refractivity contribution is 0.0948. The highest BCUT2D eigenvalue weighted by Crippen LogP contribution is 2.17. The predicted molar refractivity (Wildman–Crippen MR) is 98.5 cm³/mol. The smallest absolute Gasteiger partial charge is 0.293 e. The monoisotopic (exact) mass is 379 g/mol. The molecule has 28 heavy (non-hydrogen) atoms. The van der Waals surface area contributed by atoms with Crippen LogP contribution in [0.4, 0.5) is 5.82 Å². The highest BCUT2D eigenvalue weighted by Gasteiger charge is 2.23. The lowest BCUT2D eigenvalue weighted by atomic mass is 10.1. The first-order chi connectivity index (χ1) is 13.5. The van der Waals surface area contributed by atoms with E-state index in [2.05, 4.69) is 35.8 Å². The van der Waals surface area contributed by atoms with E-state index in [1.807, 2.05) is 13.0 Å². The molecule has 2 heterocycles. The SMILES string of the molecule is CCCc1c(C(=O)NN=C(C)c2ccc(C#N)cc2)nnn1-c1nonc1N. The molecule has 2 aromatic heterocycles. The molecule has 3 rings (SSSR count). The Morgan fingerprint density at radius 1 is 1.36 bits per heavy atom. The van der Waals surface area contributed by atoms with Gasteiger partial charge in [-0.3, -0.25) is 4.79 Å². The fraction of sp³-hybridized carbons (Fsp3) is 0.235. The molecule has 0 fully saturated rings. The van der Waals surface area contributed by atoms with Gasteiger partial charge in [0.2, 0.25) is 11.6 Å². The van der Waals surface area contributed by atoms with Gasteiger partial charge in [0.25, 0.3) is 5.91 Å².